The molecule has 1 heterocycles. The zero-order chi connectivity index (χ0) is 8.23. The van der Waals surface area contributed by atoms with Gasteiger partial charge in [0, 0.05) is 5.25 Å². The molecule has 0 bridgehead atoms. The molecule has 0 aromatic carbocycles. The third-order valence-electron chi connectivity index (χ3n) is 3.02. The Morgan fingerprint density at radius 3 is 2.67 bits per heavy atom. The first-order valence-electron chi connectivity index (χ1n) is 5.27. The van der Waals surface area contributed by atoms with Crippen LogP contribution in [-0.4, -0.2) is 24.1 Å². The summed E-state index contributed by atoms with van der Waals surface area (Å²) in [5.41, 5.74) is 0. The minimum absolute atomic E-state index is 0.976. The summed E-state index contributed by atoms with van der Waals surface area (Å²) in [5.74, 6) is 2.39. The molecule has 1 unspecified atom stereocenters. The second kappa shape index (κ2) is 4.52. The van der Waals surface area contributed by atoms with Gasteiger partial charge < -0.3 is 5.32 Å². The van der Waals surface area contributed by atoms with Gasteiger partial charge in [0.25, 0.3) is 0 Å². The molecule has 70 valence electrons. The van der Waals surface area contributed by atoms with Crippen molar-refractivity contribution in [3.63, 3.8) is 0 Å². The van der Waals surface area contributed by atoms with Crippen LogP contribution < -0.4 is 5.32 Å². The molecule has 0 spiro atoms. The summed E-state index contributed by atoms with van der Waals surface area (Å²) >= 11 is 2.23. The van der Waals surface area contributed by atoms with E-state index in [1.54, 1.807) is 0 Å². The average molecular weight is 185 g/mol. The quantitative estimate of drug-likeness (QED) is 0.724. The van der Waals surface area contributed by atoms with Gasteiger partial charge >= 0.3 is 0 Å². The first kappa shape index (κ1) is 8.89. The summed E-state index contributed by atoms with van der Waals surface area (Å²) in [6.07, 6.45) is 7.33. The van der Waals surface area contributed by atoms with Crippen molar-refractivity contribution in [2.24, 2.45) is 5.92 Å². The number of nitrogens with one attached hydrogen (secondary N) is 1. The highest BCUT2D eigenvalue weighted by Crippen LogP contribution is 2.33. The largest absolute Gasteiger partial charge is 0.316 e. The van der Waals surface area contributed by atoms with Gasteiger partial charge in [-0.25, -0.2) is 0 Å². The Morgan fingerprint density at radius 2 is 2.08 bits per heavy atom. The molecule has 1 saturated carbocycles. The minimum Gasteiger partial charge on any atom is -0.316 e. The summed E-state index contributed by atoms with van der Waals surface area (Å²) in [4.78, 5) is 0. The van der Waals surface area contributed by atoms with Crippen LogP contribution in [0.25, 0.3) is 0 Å². The molecular formula is C10H19NS. The number of rotatable bonds is 3. The highest BCUT2D eigenvalue weighted by atomic mass is 32.2. The Hall–Kier alpha value is 0.310. The van der Waals surface area contributed by atoms with Gasteiger partial charge in [-0.05, 0) is 50.4 Å². The molecule has 1 aliphatic heterocycles. The normalized spacial score (nSPS) is 31.5. The summed E-state index contributed by atoms with van der Waals surface area (Å²) in [7, 11) is 0. The Kier molecular flexibility index (Phi) is 3.35. The zero-order valence-corrected chi connectivity index (χ0v) is 8.54. The lowest BCUT2D eigenvalue weighted by Crippen LogP contribution is -2.31. The smallest absolute Gasteiger partial charge is 0.00471 e. The van der Waals surface area contributed by atoms with E-state index in [9.17, 15) is 0 Å². The maximum atomic E-state index is 3.48. The average Bonchev–Trinajstić information content (AvgIpc) is 2.04. The van der Waals surface area contributed by atoms with Gasteiger partial charge in [-0.15, -0.1) is 0 Å². The van der Waals surface area contributed by atoms with Gasteiger partial charge in [0.15, 0.2) is 0 Å². The molecular weight excluding hydrogens is 166 g/mol. The SMILES string of the molecule is C1CNCC(CSC2CCC2)C1. The van der Waals surface area contributed by atoms with Crippen molar-refractivity contribution in [2.75, 3.05) is 18.8 Å². The fraction of sp³-hybridized carbons (Fsp3) is 1.00. The highest BCUT2D eigenvalue weighted by molar-refractivity contribution is 7.99. The van der Waals surface area contributed by atoms with Crippen LogP contribution in [0.3, 0.4) is 0 Å². The Labute approximate surface area is 79.7 Å². The van der Waals surface area contributed by atoms with Crippen LogP contribution in [0.1, 0.15) is 32.1 Å². The molecule has 12 heavy (non-hydrogen) atoms. The predicted molar refractivity (Wildman–Crippen MR) is 55.7 cm³/mol. The Balaban J connectivity index is 1.58. The fourth-order valence-corrected chi connectivity index (χ4v) is 3.37. The second-order valence-corrected chi connectivity index (χ2v) is 5.43. The lowest BCUT2D eigenvalue weighted by Gasteiger charge is -2.28. The van der Waals surface area contributed by atoms with Crippen molar-refractivity contribution < 1.29 is 0 Å². The molecule has 1 atom stereocenters. The molecule has 0 radical (unpaired) electrons. The van der Waals surface area contributed by atoms with E-state index < -0.39 is 0 Å². The number of hydrogen-bond donors (Lipinski definition) is 1. The van der Waals surface area contributed by atoms with E-state index in [1.807, 2.05) is 0 Å². The molecule has 1 saturated heterocycles. The van der Waals surface area contributed by atoms with Crippen LogP contribution in [0.4, 0.5) is 0 Å². The van der Waals surface area contributed by atoms with Crippen molar-refractivity contribution >= 4 is 11.8 Å². The Bertz CT molecular complexity index is 128. The van der Waals surface area contributed by atoms with E-state index in [-0.39, 0.29) is 0 Å². The second-order valence-electron chi connectivity index (χ2n) is 4.10. The fourth-order valence-electron chi connectivity index (χ4n) is 1.88. The van der Waals surface area contributed by atoms with Crippen LogP contribution in [0.15, 0.2) is 0 Å². The Morgan fingerprint density at radius 1 is 1.17 bits per heavy atom. The molecule has 0 aromatic heterocycles. The maximum Gasteiger partial charge on any atom is 0.00471 e. The van der Waals surface area contributed by atoms with Gasteiger partial charge in [-0.2, -0.15) is 11.8 Å². The van der Waals surface area contributed by atoms with Crippen molar-refractivity contribution in [2.45, 2.75) is 37.4 Å². The molecule has 0 amide bonds. The number of hydrogen-bond acceptors (Lipinski definition) is 2. The van der Waals surface area contributed by atoms with Crippen LogP contribution in [0, 0.1) is 5.92 Å². The summed E-state index contributed by atoms with van der Waals surface area (Å²) in [6.45, 7) is 2.53. The first-order valence-corrected chi connectivity index (χ1v) is 6.32. The van der Waals surface area contributed by atoms with Gasteiger partial charge in [-0.3, -0.25) is 0 Å². The van der Waals surface area contributed by atoms with Gasteiger partial charge in [0.2, 0.25) is 0 Å². The van der Waals surface area contributed by atoms with Crippen molar-refractivity contribution in [1.29, 1.82) is 0 Å². The van der Waals surface area contributed by atoms with E-state index in [1.165, 1.54) is 50.9 Å². The molecule has 2 heteroatoms. The van der Waals surface area contributed by atoms with Crippen LogP contribution in [0.5, 0.6) is 0 Å². The molecule has 0 aromatic rings. The van der Waals surface area contributed by atoms with E-state index >= 15 is 0 Å². The zero-order valence-electron chi connectivity index (χ0n) is 7.72. The predicted octanol–water partition coefficient (Wildman–Crippen LogP) is 2.27. The molecule has 2 aliphatic rings. The molecule has 2 rings (SSSR count). The van der Waals surface area contributed by atoms with Gasteiger partial charge in [0.05, 0.1) is 0 Å². The van der Waals surface area contributed by atoms with E-state index in [2.05, 4.69) is 17.1 Å². The van der Waals surface area contributed by atoms with E-state index in [0.29, 0.717) is 0 Å². The van der Waals surface area contributed by atoms with Gasteiger partial charge in [-0.1, -0.05) is 6.42 Å². The third-order valence-corrected chi connectivity index (χ3v) is 4.63. The maximum absolute atomic E-state index is 3.48. The van der Waals surface area contributed by atoms with Crippen molar-refractivity contribution in [3.05, 3.63) is 0 Å². The molecule has 1 aliphatic carbocycles. The minimum atomic E-state index is 0.976. The van der Waals surface area contributed by atoms with Crippen molar-refractivity contribution in [1.82, 2.24) is 5.32 Å². The standard InChI is InChI=1S/C10H19NS/c1-4-10(5-1)12-8-9-3-2-6-11-7-9/h9-11H,1-8H2. The molecule has 1 N–H and O–H groups in total. The number of piperidine rings is 1. The molecule has 2 fully saturated rings. The van der Waals surface area contributed by atoms with E-state index in [4.69, 9.17) is 0 Å². The number of thioether (sulfide) groups is 1. The van der Waals surface area contributed by atoms with E-state index in [0.717, 1.165) is 11.2 Å². The summed E-state index contributed by atoms with van der Waals surface area (Å²) in [6, 6.07) is 0. The summed E-state index contributed by atoms with van der Waals surface area (Å²) in [5, 5.41) is 4.52. The van der Waals surface area contributed by atoms with Crippen molar-refractivity contribution in [3.8, 4) is 0 Å². The molecule has 1 nitrogen and oxygen atoms in total. The van der Waals surface area contributed by atoms with Gasteiger partial charge in [0.1, 0.15) is 0 Å². The van der Waals surface area contributed by atoms with Crippen LogP contribution >= 0.6 is 11.8 Å². The lowest BCUT2D eigenvalue weighted by atomic mass is 10.00. The highest BCUT2D eigenvalue weighted by Gasteiger charge is 2.20. The summed E-state index contributed by atoms with van der Waals surface area (Å²) < 4.78 is 0. The topological polar surface area (TPSA) is 12.0 Å². The monoisotopic (exact) mass is 185 g/mol. The lowest BCUT2D eigenvalue weighted by molar-refractivity contribution is 0.408. The van der Waals surface area contributed by atoms with Crippen LogP contribution in [-0.2, 0) is 0 Å². The van der Waals surface area contributed by atoms with Crippen LogP contribution in [0.2, 0.25) is 0 Å². The first-order chi connectivity index (χ1) is 5.95. The third kappa shape index (κ3) is 2.40.